The van der Waals surface area contributed by atoms with E-state index in [2.05, 4.69) is 17.6 Å². The number of piperidine rings is 1. The first-order valence-electron chi connectivity index (χ1n) is 7.82. The van der Waals surface area contributed by atoms with E-state index in [-0.39, 0.29) is 11.9 Å². The Morgan fingerprint density at radius 2 is 2.00 bits per heavy atom. The highest BCUT2D eigenvalue weighted by molar-refractivity contribution is 5.81. The molecule has 110 valence electrons. The van der Waals surface area contributed by atoms with Crippen LogP contribution in [0.15, 0.2) is 0 Å². The molecule has 1 heterocycles. The van der Waals surface area contributed by atoms with Crippen LogP contribution in [0, 0.1) is 5.92 Å². The molecule has 2 rings (SSSR count). The third-order valence-electron chi connectivity index (χ3n) is 4.61. The molecule has 0 bridgehead atoms. The fourth-order valence-corrected chi connectivity index (χ4v) is 3.25. The fraction of sp³-hybridized carbons (Fsp3) is 0.933. The monoisotopic (exact) mass is 268 g/mol. The van der Waals surface area contributed by atoms with Gasteiger partial charge in [-0.05, 0) is 38.1 Å². The van der Waals surface area contributed by atoms with E-state index in [1.165, 1.54) is 12.8 Å². The number of hydrogen-bond donors (Lipinski definition) is 3. The summed E-state index contributed by atoms with van der Waals surface area (Å²) in [4.78, 5) is 12.1. The lowest BCUT2D eigenvalue weighted by atomic mass is 9.92. The first-order chi connectivity index (χ1) is 9.09. The number of carbonyl (C=O) groups is 1. The van der Waals surface area contributed by atoms with Crippen LogP contribution < -0.4 is 10.6 Å². The minimum Gasteiger partial charge on any atom is -0.388 e. The Bertz CT molecular complexity index is 299. The van der Waals surface area contributed by atoms with Gasteiger partial charge in [-0.1, -0.05) is 32.6 Å². The van der Waals surface area contributed by atoms with Crippen molar-refractivity contribution in [2.45, 2.75) is 69.9 Å². The molecule has 4 nitrogen and oxygen atoms in total. The van der Waals surface area contributed by atoms with E-state index < -0.39 is 5.60 Å². The topological polar surface area (TPSA) is 61.4 Å². The van der Waals surface area contributed by atoms with Gasteiger partial charge in [0.2, 0.25) is 5.91 Å². The van der Waals surface area contributed by atoms with Crippen LogP contribution in [0.4, 0.5) is 0 Å². The van der Waals surface area contributed by atoms with Crippen molar-refractivity contribution in [3.05, 3.63) is 0 Å². The van der Waals surface area contributed by atoms with E-state index in [1.54, 1.807) is 0 Å². The summed E-state index contributed by atoms with van der Waals surface area (Å²) in [5, 5.41) is 16.7. The molecule has 4 heteroatoms. The SMILES string of the molecule is CC1CCNC(C(=O)NCC2(O)CCCCCC2)C1. The van der Waals surface area contributed by atoms with Gasteiger partial charge in [0.1, 0.15) is 0 Å². The van der Waals surface area contributed by atoms with Crippen molar-refractivity contribution in [1.29, 1.82) is 0 Å². The second kappa shape index (κ2) is 6.71. The van der Waals surface area contributed by atoms with Crippen LogP contribution in [0.2, 0.25) is 0 Å². The maximum atomic E-state index is 12.1. The van der Waals surface area contributed by atoms with Crippen molar-refractivity contribution in [2.75, 3.05) is 13.1 Å². The third-order valence-corrected chi connectivity index (χ3v) is 4.61. The molecule has 1 amide bonds. The standard InChI is InChI=1S/C15H28N2O2/c1-12-6-9-16-13(10-12)14(18)17-11-15(19)7-4-2-3-5-8-15/h12-13,16,19H,2-11H2,1H3,(H,17,18). The number of nitrogens with one attached hydrogen (secondary N) is 2. The van der Waals surface area contributed by atoms with E-state index in [0.29, 0.717) is 12.5 Å². The Labute approximate surface area is 116 Å². The van der Waals surface area contributed by atoms with Crippen molar-refractivity contribution < 1.29 is 9.90 Å². The molecule has 0 aromatic heterocycles. The number of hydrogen-bond acceptors (Lipinski definition) is 3. The van der Waals surface area contributed by atoms with Gasteiger partial charge in [0.25, 0.3) is 0 Å². The van der Waals surface area contributed by atoms with Crippen LogP contribution in [0.25, 0.3) is 0 Å². The summed E-state index contributed by atoms with van der Waals surface area (Å²) >= 11 is 0. The Morgan fingerprint density at radius 3 is 2.63 bits per heavy atom. The summed E-state index contributed by atoms with van der Waals surface area (Å²) in [6.45, 7) is 3.53. The molecule has 0 radical (unpaired) electrons. The largest absolute Gasteiger partial charge is 0.388 e. The van der Waals surface area contributed by atoms with Gasteiger partial charge < -0.3 is 15.7 Å². The first kappa shape index (κ1) is 14.8. The summed E-state index contributed by atoms with van der Waals surface area (Å²) in [7, 11) is 0. The quantitative estimate of drug-likeness (QED) is 0.681. The number of amides is 1. The van der Waals surface area contributed by atoms with Gasteiger partial charge in [-0.25, -0.2) is 0 Å². The van der Waals surface area contributed by atoms with Gasteiger partial charge >= 0.3 is 0 Å². The summed E-state index contributed by atoms with van der Waals surface area (Å²) in [5.74, 6) is 0.669. The Hall–Kier alpha value is -0.610. The summed E-state index contributed by atoms with van der Waals surface area (Å²) in [6, 6.07) is -0.0712. The lowest BCUT2D eigenvalue weighted by molar-refractivity contribution is -0.125. The third kappa shape index (κ3) is 4.46. The highest BCUT2D eigenvalue weighted by Gasteiger charge is 2.30. The Kier molecular flexibility index (Phi) is 5.22. The van der Waals surface area contributed by atoms with E-state index in [0.717, 1.165) is 45.1 Å². The van der Waals surface area contributed by atoms with Crippen LogP contribution in [0.5, 0.6) is 0 Å². The number of rotatable bonds is 3. The minimum atomic E-state index is -0.674. The lowest BCUT2D eigenvalue weighted by Crippen LogP contribution is -2.52. The summed E-state index contributed by atoms with van der Waals surface area (Å²) in [5.41, 5.74) is -0.674. The van der Waals surface area contributed by atoms with Gasteiger partial charge in [-0.2, -0.15) is 0 Å². The first-order valence-corrected chi connectivity index (χ1v) is 7.82. The zero-order valence-electron chi connectivity index (χ0n) is 12.1. The van der Waals surface area contributed by atoms with E-state index in [9.17, 15) is 9.90 Å². The van der Waals surface area contributed by atoms with Gasteiger partial charge in [0, 0.05) is 6.54 Å². The normalized spacial score (nSPS) is 31.5. The van der Waals surface area contributed by atoms with Crippen LogP contribution >= 0.6 is 0 Å². The molecular formula is C15H28N2O2. The molecule has 1 saturated carbocycles. The van der Waals surface area contributed by atoms with Crippen molar-refractivity contribution in [3.63, 3.8) is 0 Å². The molecule has 2 fully saturated rings. The highest BCUT2D eigenvalue weighted by Crippen LogP contribution is 2.26. The second-order valence-electron chi connectivity index (χ2n) is 6.49. The van der Waals surface area contributed by atoms with Gasteiger partial charge in [-0.3, -0.25) is 4.79 Å². The van der Waals surface area contributed by atoms with E-state index in [1.807, 2.05) is 0 Å². The molecule has 2 unspecified atom stereocenters. The summed E-state index contributed by atoms with van der Waals surface area (Å²) < 4.78 is 0. The van der Waals surface area contributed by atoms with Crippen molar-refractivity contribution in [2.24, 2.45) is 5.92 Å². The van der Waals surface area contributed by atoms with Crippen LogP contribution in [0.1, 0.15) is 58.3 Å². The van der Waals surface area contributed by atoms with Crippen molar-refractivity contribution in [1.82, 2.24) is 10.6 Å². The predicted octanol–water partition coefficient (Wildman–Crippen LogP) is 1.58. The molecule has 1 aliphatic carbocycles. The molecule has 1 saturated heterocycles. The molecule has 0 spiro atoms. The highest BCUT2D eigenvalue weighted by atomic mass is 16.3. The summed E-state index contributed by atoms with van der Waals surface area (Å²) in [6.07, 6.45) is 8.26. The fourth-order valence-electron chi connectivity index (χ4n) is 3.25. The van der Waals surface area contributed by atoms with Crippen LogP contribution in [-0.2, 0) is 4.79 Å². The minimum absolute atomic E-state index is 0.0595. The molecule has 3 N–H and O–H groups in total. The molecule has 2 atom stereocenters. The maximum absolute atomic E-state index is 12.1. The molecule has 19 heavy (non-hydrogen) atoms. The smallest absolute Gasteiger partial charge is 0.237 e. The van der Waals surface area contributed by atoms with Crippen LogP contribution in [-0.4, -0.2) is 35.7 Å². The number of aliphatic hydroxyl groups is 1. The van der Waals surface area contributed by atoms with Crippen molar-refractivity contribution in [3.8, 4) is 0 Å². The van der Waals surface area contributed by atoms with Gasteiger partial charge in [0.15, 0.2) is 0 Å². The van der Waals surface area contributed by atoms with Gasteiger partial charge in [-0.15, -0.1) is 0 Å². The molecule has 1 aliphatic heterocycles. The average molecular weight is 268 g/mol. The lowest BCUT2D eigenvalue weighted by Gasteiger charge is -2.30. The maximum Gasteiger partial charge on any atom is 0.237 e. The molecule has 0 aromatic carbocycles. The van der Waals surface area contributed by atoms with Crippen LogP contribution in [0.3, 0.4) is 0 Å². The van der Waals surface area contributed by atoms with Crippen molar-refractivity contribution >= 4 is 5.91 Å². The predicted molar refractivity (Wildman–Crippen MR) is 75.9 cm³/mol. The average Bonchev–Trinajstić information content (AvgIpc) is 2.61. The van der Waals surface area contributed by atoms with E-state index in [4.69, 9.17) is 0 Å². The zero-order valence-corrected chi connectivity index (χ0v) is 12.1. The van der Waals surface area contributed by atoms with Gasteiger partial charge in [0.05, 0.1) is 11.6 Å². The zero-order chi connectivity index (χ0) is 13.7. The Morgan fingerprint density at radius 1 is 1.32 bits per heavy atom. The number of carbonyl (C=O) groups excluding carboxylic acids is 1. The molecule has 0 aromatic rings. The van der Waals surface area contributed by atoms with E-state index >= 15 is 0 Å². The Balaban J connectivity index is 1.78. The molecule has 2 aliphatic rings. The molecular weight excluding hydrogens is 240 g/mol. The second-order valence-corrected chi connectivity index (χ2v) is 6.49.